The number of aromatic nitrogens is 2. The van der Waals surface area contributed by atoms with Crippen LogP contribution in [0.2, 0.25) is 0 Å². The maximum Gasteiger partial charge on any atom is 0.416 e. The number of halogens is 3. The van der Waals surface area contributed by atoms with Crippen LogP contribution in [0, 0.1) is 0 Å². The molecule has 4 nitrogen and oxygen atoms in total. The number of rotatable bonds is 3. The average Bonchev–Trinajstić information content (AvgIpc) is 3.08. The molecule has 0 unspecified atom stereocenters. The number of carbonyl (C=O) groups is 1. The molecule has 0 radical (unpaired) electrons. The fourth-order valence-corrected chi connectivity index (χ4v) is 4.25. The molecule has 0 N–H and O–H groups in total. The first-order valence-corrected chi connectivity index (χ1v) is 9.57. The minimum absolute atomic E-state index is 0.193. The van der Waals surface area contributed by atoms with Crippen LogP contribution in [-0.2, 0) is 16.7 Å². The van der Waals surface area contributed by atoms with Crippen LogP contribution < -0.4 is 0 Å². The summed E-state index contributed by atoms with van der Waals surface area (Å²) in [5, 5.41) is 4.46. The fraction of sp³-hybridized carbons (Fsp3) is 0.200. The Morgan fingerprint density at radius 1 is 1.21 bits per heavy atom. The predicted octanol–water partition coefficient (Wildman–Crippen LogP) is 5.34. The molecule has 0 saturated heterocycles. The van der Waals surface area contributed by atoms with E-state index >= 15 is 0 Å². The Labute approximate surface area is 163 Å². The lowest BCUT2D eigenvalue weighted by atomic mass is 10.0. The zero-order chi connectivity index (χ0) is 19.9. The number of alkyl halides is 3. The van der Waals surface area contributed by atoms with Crippen molar-refractivity contribution in [1.29, 1.82) is 0 Å². The molecule has 0 bridgehead atoms. The van der Waals surface area contributed by atoms with Crippen LogP contribution in [0.1, 0.15) is 28.5 Å². The summed E-state index contributed by atoms with van der Waals surface area (Å²) >= 11 is 1.26. The summed E-state index contributed by atoms with van der Waals surface area (Å²) in [6.07, 6.45) is -4.41. The van der Waals surface area contributed by atoms with Gasteiger partial charge in [-0.1, -0.05) is 24.3 Å². The summed E-state index contributed by atoms with van der Waals surface area (Å²) in [6, 6.07) is 12.8. The quantitative estimate of drug-likeness (QED) is 0.553. The lowest BCUT2D eigenvalue weighted by molar-refractivity contribution is -0.137. The lowest BCUT2D eigenvalue weighted by Gasteiger charge is -2.20. The van der Waals surface area contributed by atoms with Crippen LogP contribution in [-0.4, -0.2) is 22.4 Å². The standard InChI is InChI=1S/C20H15F3N2O2S/c1-2-27-19(26)17-15-11-28-16-10-12(20(21,22)23)8-9-14(16)18(15)25(24-17)13-6-4-3-5-7-13/h3-10H,2,11H2,1H3. The topological polar surface area (TPSA) is 44.1 Å². The van der Waals surface area contributed by atoms with Gasteiger partial charge in [0.2, 0.25) is 0 Å². The Hall–Kier alpha value is -2.74. The molecule has 0 amide bonds. The molecular weight excluding hydrogens is 389 g/mol. The summed E-state index contributed by atoms with van der Waals surface area (Å²) < 4.78 is 46.0. The second-order valence-corrected chi connectivity index (χ2v) is 7.16. The first kappa shape index (κ1) is 18.6. The number of fused-ring (bicyclic) bond motifs is 3. The number of hydrogen-bond donors (Lipinski definition) is 0. The Bertz CT molecular complexity index is 1050. The van der Waals surface area contributed by atoms with Crippen molar-refractivity contribution in [2.24, 2.45) is 0 Å². The molecular formula is C20H15F3N2O2S. The van der Waals surface area contributed by atoms with Crippen LogP contribution in [0.25, 0.3) is 16.9 Å². The molecule has 1 aliphatic rings. The highest BCUT2D eigenvalue weighted by Crippen LogP contribution is 2.45. The van der Waals surface area contributed by atoms with E-state index in [4.69, 9.17) is 4.74 Å². The third kappa shape index (κ3) is 3.17. The average molecular weight is 404 g/mol. The molecule has 4 rings (SSSR count). The van der Waals surface area contributed by atoms with Crippen molar-refractivity contribution >= 4 is 17.7 Å². The molecule has 0 saturated carbocycles. The molecule has 1 aromatic heterocycles. The maximum atomic E-state index is 13.1. The van der Waals surface area contributed by atoms with E-state index < -0.39 is 17.7 Å². The summed E-state index contributed by atoms with van der Waals surface area (Å²) in [6.45, 7) is 1.92. The van der Waals surface area contributed by atoms with E-state index in [0.717, 1.165) is 12.1 Å². The van der Waals surface area contributed by atoms with Gasteiger partial charge in [-0.3, -0.25) is 0 Å². The van der Waals surface area contributed by atoms with Crippen molar-refractivity contribution < 1.29 is 22.7 Å². The Balaban J connectivity index is 1.93. The van der Waals surface area contributed by atoms with Crippen molar-refractivity contribution in [3.8, 4) is 16.9 Å². The number of carbonyl (C=O) groups excluding carboxylic acids is 1. The minimum Gasteiger partial charge on any atom is -0.461 e. The van der Waals surface area contributed by atoms with Crippen LogP contribution in [0.15, 0.2) is 53.4 Å². The van der Waals surface area contributed by atoms with E-state index in [1.54, 1.807) is 11.6 Å². The second kappa shape index (κ2) is 7.01. The van der Waals surface area contributed by atoms with E-state index in [-0.39, 0.29) is 12.3 Å². The lowest BCUT2D eigenvalue weighted by Crippen LogP contribution is -2.09. The van der Waals surface area contributed by atoms with Gasteiger partial charge in [0.05, 0.1) is 23.6 Å². The van der Waals surface area contributed by atoms with E-state index in [9.17, 15) is 18.0 Å². The molecule has 1 aliphatic heterocycles. The van der Waals surface area contributed by atoms with Gasteiger partial charge in [0.25, 0.3) is 0 Å². The molecule has 8 heteroatoms. The number of para-hydroxylation sites is 1. The Morgan fingerprint density at radius 3 is 2.64 bits per heavy atom. The second-order valence-electron chi connectivity index (χ2n) is 6.14. The van der Waals surface area contributed by atoms with Gasteiger partial charge in [0, 0.05) is 21.8 Å². The van der Waals surface area contributed by atoms with E-state index in [2.05, 4.69) is 5.10 Å². The minimum atomic E-state index is -4.41. The Morgan fingerprint density at radius 2 is 1.96 bits per heavy atom. The highest BCUT2D eigenvalue weighted by molar-refractivity contribution is 7.98. The van der Waals surface area contributed by atoms with Gasteiger partial charge in [-0.15, -0.1) is 11.8 Å². The van der Waals surface area contributed by atoms with Crippen molar-refractivity contribution in [3.05, 3.63) is 65.4 Å². The van der Waals surface area contributed by atoms with Gasteiger partial charge < -0.3 is 4.74 Å². The molecule has 144 valence electrons. The molecule has 3 aromatic rings. The molecule has 0 atom stereocenters. The normalized spacial score (nSPS) is 13.0. The Kier molecular flexibility index (Phi) is 4.66. The molecule has 2 aromatic carbocycles. The van der Waals surface area contributed by atoms with Crippen LogP contribution in [0.4, 0.5) is 13.2 Å². The molecule has 2 heterocycles. The van der Waals surface area contributed by atoms with Crippen LogP contribution in [0.5, 0.6) is 0 Å². The number of nitrogens with zero attached hydrogens (tertiary/aromatic N) is 2. The van der Waals surface area contributed by atoms with Gasteiger partial charge in [0.1, 0.15) is 0 Å². The number of hydrogen-bond acceptors (Lipinski definition) is 4. The van der Waals surface area contributed by atoms with E-state index in [0.29, 0.717) is 33.2 Å². The number of ether oxygens (including phenoxy) is 1. The first-order valence-electron chi connectivity index (χ1n) is 8.59. The van der Waals surface area contributed by atoms with Crippen LogP contribution >= 0.6 is 11.8 Å². The summed E-state index contributed by atoms with van der Waals surface area (Å²) in [5.41, 5.74) is 2.12. The van der Waals surface area contributed by atoms with Gasteiger partial charge in [0.15, 0.2) is 5.69 Å². The van der Waals surface area contributed by atoms with Crippen molar-refractivity contribution in [2.45, 2.75) is 23.7 Å². The number of esters is 1. The largest absolute Gasteiger partial charge is 0.461 e. The summed E-state index contributed by atoms with van der Waals surface area (Å²) in [5.74, 6) is -0.200. The van der Waals surface area contributed by atoms with Crippen molar-refractivity contribution in [2.75, 3.05) is 6.61 Å². The molecule has 0 aliphatic carbocycles. The summed E-state index contributed by atoms with van der Waals surface area (Å²) in [7, 11) is 0. The van der Waals surface area contributed by atoms with E-state index in [1.165, 1.54) is 17.8 Å². The fourth-order valence-electron chi connectivity index (χ4n) is 3.15. The SMILES string of the molecule is CCOC(=O)c1nn(-c2ccccc2)c2c1CSc1cc(C(F)(F)F)ccc1-2. The maximum absolute atomic E-state index is 13.1. The first-order chi connectivity index (χ1) is 13.4. The van der Waals surface area contributed by atoms with Gasteiger partial charge in [-0.05, 0) is 31.2 Å². The molecule has 0 fully saturated rings. The van der Waals surface area contributed by atoms with Crippen molar-refractivity contribution in [3.63, 3.8) is 0 Å². The highest BCUT2D eigenvalue weighted by Gasteiger charge is 2.34. The van der Waals surface area contributed by atoms with Gasteiger partial charge in [-0.2, -0.15) is 18.3 Å². The van der Waals surface area contributed by atoms with Crippen LogP contribution in [0.3, 0.4) is 0 Å². The zero-order valence-electron chi connectivity index (χ0n) is 14.8. The smallest absolute Gasteiger partial charge is 0.416 e. The zero-order valence-corrected chi connectivity index (χ0v) is 15.6. The molecule has 28 heavy (non-hydrogen) atoms. The summed E-state index contributed by atoms with van der Waals surface area (Å²) in [4.78, 5) is 12.9. The third-order valence-electron chi connectivity index (χ3n) is 4.39. The predicted molar refractivity (Wildman–Crippen MR) is 99.5 cm³/mol. The van der Waals surface area contributed by atoms with Gasteiger partial charge in [-0.25, -0.2) is 9.48 Å². The number of thioether (sulfide) groups is 1. The molecule has 0 spiro atoms. The van der Waals surface area contributed by atoms with E-state index in [1.807, 2.05) is 30.3 Å². The van der Waals surface area contributed by atoms with Gasteiger partial charge >= 0.3 is 12.1 Å². The number of benzene rings is 2. The third-order valence-corrected chi connectivity index (χ3v) is 5.47. The highest BCUT2D eigenvalue weighted by atomic mass is 32.2. The monoisotopic (exact) mass is 404 g/mol. The van der Waals surface area contributed by atoms with Crippen molar-refractivity contribution in [1.82, 2.24) is 9.78 Å².